The van der Waals surface area contributed by atoms with Crippen molar-refractivity contribution in [2.45, 2.75) is 26.5 Å². The summed E-state index contributed by atoms with van der Waals surface area (Å²) < 4.78 is 11.8. The first kappa shape index (κ1) is 23.1. The highest BCUT2D eigenvalue weighted by molar-refractivity contribution is 5.95. The third-order valence-corrected chi connectivity index (χ3v) is 5.55. The molecule has 0 aliphatic rings. The Morgan fingerprint density at radius 3 is 2.09 bits per heavy atom. The number of benzene rings is 4. The normalized spacial score (nSPS) is 10.7. The molecule has 0 bridgehead atoms. The van der Waals surface area contributed by atoms with Crippen molar-refractivity contribution in [3.05, 3.63) is 131 Å². The SMILES string of the molecule is CCOc1ccc(C(=O)NC(c2ccccc2)c2ccccc2)cc1COc1cccc(C)c1. The van der Waals surface area contributed by atoms with E-state index in [4.69, 9.17) is 9.47 Å². The summed E-state index contributed by atoms with van der Waals surface area (Å²) in [4.78, 5) is 13.3. The van der Waals surface area contributed by atoms with Crippen LogP contribution in [0.4, 0.5) is 0 Å². The van der Waals surface area contributed by atoms with Crippen LogP contribution in [0.15, 0.2) is 103 Å². The van der Waals surface area contributed by atoms with Gasteiger partial charge in [0.05, 0.1) is 12.6 Å². The van der Waals surface area contributed by atoms with Gasteiger partial charge >= 0.3 is 0 Å². The van der Waals surface area contributed by atoms with Gasteiger partial charge < -0.3 is 14.8 Å². The van der Waals surface area contributed by atoms with E-state index in [1.807, 2.05) is 111 Å². The van der Waals surface area contributed by atoms with Crippen LogP contribution in [0.25, 0.3) is 0 Å². The lowest BCUT2D eigenvalue weighted by molar-refractivity contribution is 0.0942. The number of hydrogen-bond acceptors (Lipinski definition) is 3. The number of rotatable bonds is 9. The number of hydrogen-bond donors (Lipinski definition) is 1. The Labute approximate surface area is 201 Å². The standard InChI is InChI=1S/C30H29NO3/c1-3-33-28-18-17-25(20-26(28)21-34-27-16-10-11-22(2)19-27)30(32)31-29(23-12-6-4-7-13-23)24-14-8-5-9-15-24/h4-20,29H,3,21H2,1-2H3,(H,31,32). The topological polar surface area (TPSA) is 47.6 Å². The number of ether oxygens (including phenoxy) is 2. The van der Waals surface area contributed by atoms with Gasteiger partial charge in [0.25, 0.3) is 5.91 Å². The fourth-order valence-electron chi connectivity index (χ4n) is 3.86. The monoisotopic (exact) mass is 451 g/mol. The zero-order chi connectivity index (χ0) is 23.8. The Morgan fingerprint density at radius 1 is 0.794 bits per heavy atom. The van der Waals surface area contributed by atoms with E-state index in [0.717, 1.165) is 33.8 Å². The molecule has 0 saturated carbocycles. The minimum absolute atomic E-state index is 0.155. The van der Waals surface area contributed by atoms with Crippen molar-refractivity contribution in [1.29, 1.82) is 0 Å². The van der Waals surface area contributed by atoms with Crippen LogP contribution < -0.4 is 14.8 Å². The molecule has 4 rings (SSSR count). The number of carbonyl (C=O) groups is 1. The molecule has 0 aliphatic heterocycles. The highest BCUT2D eigenvalue weighted by Gasteiger charge is 2.19. The number of amides is 1. The Morgan fingerprint density at radius 2 is 1.47 bits per heavy atom. The number of carbonyl (C=O) groups excluding carboxylic acids is 1. The van der Waals surface area contributed by atoms with Crippen LogP contribution in [-0.4, -0.2) is 12.5 Å². The minimum Gasteiger partial charge on any atom is -0.493 e. The van der Waals surface area contributed by atoms with Gasteiger partial charge in [0.15, 0.2) is 0 Å². The molecule has 0 unspecified atom stereocenters. The Kier molecular flexibility index (Phi) is 7.61. The molecule has 0 aliphatic carbocycles. The third-order valence-electron chi connectivity index (χ3n) is 5.55. The van der Waals surface area contributed by atoms with Gasteiger partial charge in [0.1, 0.15) is 18.1 Å². The maximum atomic E-state index is 13.3. The third kappa shape index (κ3) is 5.84. The fourth-order valence-corrected chi connectivity index (χ4v) is 3.86. The molecule has 4 heteroatoms. The second kappa shape index (κ2) is 11.2. The highest BCUT2D eigenvalue weighted by atomic mass is 16.5. The van der Waals surface area contributed by atoms with E-state index < -0.39 is 0 Å². The zero-order valence-electron chi connectivity index (χ0n) is 19.5. The van der Waals surface area contributed by atoms with Crippen molar-refractivity contribution in [3.63, 3.8) is 0 Å². The van der Waals surface area contributed by atoms with E-state index in [2.05, 4.69) is 5.32 Å². The van der Waals surface area contributed by atoms with Gasteiger partial charge in [-0.1, -0.05) is 72.8 Å². The second-order valence-corrected chi connectivity index (χ2v) is 8.09. The molecule has 4 aromatic carbocycles. The minimum atomic E-state index is -0.256. The molecule has 0 fully saturated rings. The van der Waals surface area contributed by atoms with Crippen LogP contribution in [0.5, 0.6) is 11.5 Å². The van der Waals surface area contributed by atoms with Crippen molar-refractivity contribution in [1.82, 2.24) is 5.32 Å². The largest absolute Gasteiger partial charge is 0.493 e. The van der Waals surface area contributed by atoms with Crippen molar-refractivity contribution < 1.29 is 14.3 Å². The van der Waals surface area contributed by atoms with E-state index in [9.17, 15) is 4.79 Å². The highest BCUT2D eigenvalue weighted by Crippen LogP contribution is 2.25. The van der Waals surface area contributed by atoms with Gasteiger partial charge in [0, 0.05) is 11.1 Å². The van der Waals surface area contributed by atoms with Crippen LogP contribution in [0, 0.1) is 6.92 Å². The van der Waals surface area contributed by atoms with Crippen molar-refractivity contribution in [3.8, 4) is 11.5 Å². The molecule has 0 aromatic heterocycles. The summed E-state index contributed by atoms with van der Waals surface area (Å²) in [6, 6.07) is 33.1. The summed E-state index contributed by atoms with van der Waals surface area (Å²) in [5.41, 5.74) is 4.56. The molecule has 34 heavy (non-hydrogen) atoms. The molecule has 0 atom stereocenters. The van der Waals surface area contributed by atoms with Crippen LogP contribution in [0.1, 0.15) is 45.6 Å². The lowest BCUT2D eigenvalue weighted by Gasteiger charge is -2.20. The van der Waals surface area contributed by atoms with Crippen molar-refractivity contribution in [2.24, 2.45) is 0 Å². The van der Waals surface area contributed by atoms with E-state index in [1.165, 1.54) is 0 Å². The van der Waals surface area contributed by atoms with Crippen molar-refractivity contribution in [2.75, 3.05) is 6.61 Å². The molecule has 4 aromatic rings. The fraction of sp³-hybridized carbons (Fsp3) is 0.167. The van der Waals surface area contributed by atoms with Gasteiger partial charge in [-0.25, -0.2) is 0 Å². The van der Waals surface area contributed by atoms with Gasteiger partial charge in [-0.15, -0.1) is 0 Å². The summed E-state index contributed by atoms with van der Waals surface area (Å²) in [6.45, 7) is 4.81. The van der Waals surface area contributed by atoms with E-state index in [-0.39, 0.29) is 11.9 Å². The van der Waals surface area contributed by atoms with Gasteiger partial charge in [-0.2, -0.15) is 0 Å². The van der Waals surface area contributed by atoms with Crippen LogP contribution in [0.2, 0.25) is 0 Å². The molecule has 0 spiro atoms. The lowest BCUT2D eigenvalue weighted by Crippen LogP contribution is -2.29. The van der Waals surface area contributed by atoms with Crippen LogP contribution in [0.3, 0.4) is 0 Å². The molecule has 0 heterocycles. The predicted molar refractivity (Wildman–Crippen MR) is 135 cm³/mol. The molecule has 4 nitrogen and oxygen atoms in total. The first-order valence-corrected chi connectivity index (χ1v) is 11.5. The van der Waals surface area contributed by atoms with Crippen LogP contribution in [-0.2, 0) is 6.61 Å². The molecule has 1 N–H and O–H groups in total. The Bertz CT molecular complexity index is 1180. The zero-order valence-corrected chi connectivity index (χ0v) is 19.5. The van der Waals surface area contributed by atoms with E-state index in [0.29, 0.717) is 18.8 Å². The Balaban J connectivity index is 1.58. The quantitative estimate of drug-likeness (QED) is 0.316. The molecule has 0 radical (unpaired) electrons. The van der Waals surface area contributed by atoms with Crippen molar-refractivity contribution >= 4 is 5.91 Å². The molecular formula is C30H29NO3. The summed E-state index contributed by atoms with van der Waals surface area (Å²) in [7, 11) is 0. The first-order chi connectivity index (χ1) is 16.6. The molecule has 0 saturated heterocycles. The molecule has 1 amide bonds. The maximum Gasteiger partial charge on any atom is 0.252 e. The maximum absolute atomic E-state index is 13.3. The number of nitrogens with one attached hydrogen (secondary N) is 1. The average molecular weight is 452 g/mol. The van der Waals surface area contributed by atoms with E-state index in [1.54, 1.807) is 6.07 Å². The summed E-state index contributed by atoms with van der Waals surface area (Å²) in [5, 5.41) is 3.21. The average Bonchev–Trinajstić information content (AvgIpc) is 2.88. The molecular weight excluding hydrogens is 422 g/mol. The first-order valence-electron chi connectivity index (χ1n) is 11.5. The second-order valence-electron chi connectivity index (χ2n) is 8.09. The summed E-state index contributed by atoms with van der Waals surface area (Å²) >= 11 is 0. The van der Waals surface area contributed by atoms with Gasteiger partial charge in [-0.05, 0) is 60.9 Å². The van der Waals surface area contributed by atoms with E-state index >= 15 is 0 Å². The lowest BCUT2D eigenvalue weighted by atomic mass is 9.98. The number of aryl methyl sites for hydroxylation is 1. The summed E-state index contributed by atoms with van der Waals surface area (Å²) in [5.74, 6) is 1.34. The Hall–Kier alpha value is -4.05. The van der Waals surface area contributed by atoms with Gasteiger partial charge in [-0.3, -0.25) is 4.79 Å². The predicted octanol–water partition coefficient (Wildman–Crippen LogP) is 6.49. The van der Waals surface area contributed by atoms with Crippen LogP contribution >= 0.6 is 0 Å². The molecule has 172 valence electrons. The summed E-state index contributed by atoms with van der Waals surface area (Å²) in [6.07, 6.45) is 0. The van der Waals surface area contributed by atoms with Gasteiger partial charge in [0.2, 0.25) is 0 Å². The smallest absolute Gasteiger partial charge is 0.252 e.